The maximum absolute atomic E-state index is 12.1. The molecule has 0 bridgehead atoms. The Morgan fingerprint density at radius 2 is 2.11 bits per heavy atom. The Kier molecular flexibility index (Phi) is 4.28. The first-order valence-electron chi connectivity index (χ1n) is 4.74. The number of halogens is 3. The van der Waals surface area contributed by atoms with Crippen molar-refractivity contribution in [3.63, 3.8) is 0 Å². The van der Waals surface area contributed by atoms with Crippen molar-refractivity contribution < 1.29 is 22.8 Å². The Morgan fingerprint density at radius 3 is 2.61 bits per heavy atom. The van der Waals surface area contributed by atoms with E-state index in [9.17, 15) is 22.8 Å². The van der Waals surface area contributed by atoms with Gasteiger partial charge in [0.15, 0.2) is 5.13 Å². The van der Waals surface area contributed by atoms with E-state index in [1.54, 1.807) is 0 Å². The van der Waals surface area contributed by atoms with Gasteiger partial charge in [-0.25, -0.2) is 4.98 Å². The van der Waals surface area contributed by atoms with Gasteiger partial charge in [0.25, 0.3) is 0 Å². The summed E-state index contributed by atoms with van der Waals surface area (Å²) in [7, 11) is 1.03. The van der Waals surface area contributed by atoms with E-state index in [-0.39, 0.29) is 23.3 Å². The van der Waals surface area contributed by atoms with Crippen LogP contribution in [0.25, 0.3) is 0 Å². The molecule has 0 aliphatic rings. The van der Waals surface area contributed by atoms with Crippen LogP contribution in [0, 0.1) is 0 Å². The fraction of sp³-hybridized carbons (Fsp3) is 0.444. The van der Waals surface area contributed by atoms with E-state index in [2.05, 4.69) is 10.3 Å². The second-order valence-corrected chi connectivity index (χ2v) is 4.34. The van der Waals surface area contributed by atoms with Crippen molar-refractivity contribution in [3.05, 3.63) is 11.1 Å². The third-order valence-electron chi connectivity index (χ3n) is 1.82. The SMILES string of the molecule is CC(=O)Nc1nc(CN(C)C(=O)C(F)(F)F)cs1. The van der Waals surface area contributed by atoms with Crippen LogP contribution in [0.3, 0.4) is 0 Å². The van der Waals surface area contributed by atoms with Crippen LogP contribution in [0.5, 0.6) is 0 Å². The molecule has 1 N–H and O–H groups in total. The van der Waals surface area contributed by atoms with Crippen LogP contribution in [-0.4, -0.2) is 34.9 Å². The molecule has 0 saturated carbocycles. The van der Waals surface area contributed by atoms with E-state index in [0.717, 1.165) is 18.4 Å². The average Bonchev–Trinajstić information content (AvgIpc) is 2.61. The molecule has 0 aliphatic heterocycles. The molecule has 100 valence electrons. The van der Waals surface area contributed by atoms with Gasteiger partial charge in [0.05, 0.1) is 12.2 Å². The van der Waals surface area contributed by atoms with Crippen molar-refractivity contribution in [1.29, 1.82) is 0 Å². The Morgan fingerprint density at radius 1 is 1.50 bits per heavy atom. The molecule has 0 unspecified atom stereocenters. The number of amides is 2. The first-order chi connectivity index (χ1) is 8.20. The molecular formula is C9H10F3N3O2S. The summed E-state index contributed by atoms with van der Waals surface area (Å²) in [5.41, 5.74) is 0.281. The van der Waals surface area contributed by atoms with Gasteiger partial charge in [-0.3, -0.25) is 9.59 Å². The monoisotopic (exact) mass is 281 g/mol. The highest BCUT2D eigenvalue weighted by molar-refractivity contribution is 7.13. The molecule has 0 atom stereocenters. The van der Waals surface area contributed by atoms with Gasteiger partial charge < -0.3 is 10.2 Å². The number of rotatable bonds is 3. The second kappa shape index (κ2) is 5.34. The second-order valence-electron chi connectivity index (χ2n) is 3.48. The summed E-state index contributed by atoms with van der Waals surface area (Å²) in [6.07, 6.45) is -4.90. The standard InChI is InChI=1S/C9H10F3N3O2S/c1-5(16)13-8-14-6(4-18-8)3-15(2)7(17)9(10,11)12/h4H,3H2,1-2H3,(H,13,14,16). The summed E-state index contributed by atoms with van der Waals surface area (Å²) < 4.78 is 36.3. The molecule has 0 aliphatic carbocycles. The smallest absolute Gasteiger partial charge is 0.332 e. The first kappa shape index (κ1) is 14.4. The highest BCUT2D eigenvalue weighted by Gasteiger charge is 2.41. The van der Waals surface area contributed by atoms with Crippen LogP contribution in [0.15, 0.2) is 5.38 Å². The van der Waals surface area contributed by atoms with Gasteiger partial charge >= 0.3 is 12.1 Å². The Balaban J connectivity index is 2.65. The lowest BCUT2D eigenvalue weighted by molar-refractivity contribution is -0.184. The van der Waals surface area contributed by atoms with Crippen molar-refractivity contribution in [3.8, 4) is 0 Å². The lowest BCUT2D eigenvalue weighted by atomic mass is 10.4. The van der Waals surface area contributed by atoms with Gasteiger partial charge in [0.2, 0.25) is 5.91 Å². The van der Waals surface area contributed by atoms with Gasteiger partial charge in [0, 0.05) is 19.4 Å². The van der Waals surface area contributed by atoms with Crippen LogP contribution in [0.4, 0.5) is 18.3 Å². The van der Waals surface area contributed by atoms with E-state index in [0.29, 0.717) is 4.90 Å². The van der Waals surface area contributed by atoms with Gasteiger partial charge in [-0.2, -0.15) is 13.2 Å². The third kappa shape index (κ3) is 3.99. The predicted octanol–water partition coefficient (Wildman–Crippen LogP) is 1.62. The van der Waals surface area contributed by atoms with E-state index >= 15 is 0 Å². The highest BCUT2D eigenvalue weighted by Crippen LogP contribution is 2.20. The van der Waals surface area contributed by atoms with Gasteiger partial charge in [-0.1, -0.05) is 0 Å². The van der Waals surface area contributed by atoms with Crippen LogP contribution in [0.2, 0.25) is 0 Å². The van der Waals surface area contributed by atoms with Crippen LogP contribution < -0.4 is 5.32 Å². The summed E-state index contributed by atoms with van der Waals surface area (Å²) in [5, 5.41) is 4.16. The predicted molar refractivity (Wildman–Crippen MR) is 58.9 cm³/mol. The summed E-state index contributed by atoms with van der Waals surface area (Å²) in [5.74, 6) is -2.26. The lowest BCUT2D eigenvalue weighted by Gasteiger charge is -2.17. The Labute approximate surface area is 105 Å². The van der Waals surface area contributed by atoms with Crippen molar-refractivity contribution in [2.45, 2.75) is 19.6 Å². The number of alkyl halides is 3. The largest absolute Gasteiger partial charge is 0.471 e. The zero-order valence-corrected chi connectivity index (χ0v) is 10.4. The molecule has 0 fully saturated rings. The number of carbonyl (C=O) groups is 2. The molecule has 2 amide bonds. The number of hydrogen-bond donors (Lipinski definition) is 1. The summed E-state index contributed by atoms with van der Waals surface area (Å²) in [6, 6.07) is 0. The Bertz CT molecular complexity index is 458. The fourth-order valence-electron chi connectivity index (χ4n) is 1.12. The Hall–Kier alpha value is -1.64. The molecule has 0 saturated heterocycles. The van der Waals surface area contributed by atoms with E-state index in [4.69, 9.17) is 0 Å². The molecule has 1 aromatic rings. The maximum Gasteiger partial charge on any atom is 0.471 e. The zero-order valence-electron chi connectivity index (χ0n) is 9.54. The van der Waals surface area contributed by atoms with Gasteiger partial charge in [-0.05, 0) is 0 Å². The number of nitrogens with zero attached hydrogens (tertiary/aromatic N) is 2. The minimum absolute atomic E-state index is 0.269. The number of thiazole rings is 1. The van der Waals surface area contributed by atoms with Crippen molar-refractivity contribution >= 4 is 28.3 Å². The molecular weight excluding hydrogens is 271 g/mol. The first-order valence-corrected chi connectivity index (χ1v) is 5.62. The quantitative estimate of drug-likeness (QED) is 0.915. The molecule has 9 heteroatoms. The number of nitrogens with one attached hydrogen (secondary N) is 1. The van der Waals surface area contributed by atoms with Crippen molar-refractivity contribution in [2.75, 3.05) is 12.4 Å². The molecule has 0 aromatic carbocycles. The molecule has 5 nitrogen and oxygen atoms in total. The number of carbonyl (C=O) groups excluding carboxylic acids is 2. The summed E-state index contributed by atoms with van der Waals surface area (Å²) in [6.45, 7) is 1.02. The maximum atomic E-state index is 12.1. The van der Waals surface area contributed by atoms with Crippen LogP contribution in [0.1, 0.15) is 12.6 Å². The minimum Gasteiger partial charge on any atom is -0.332 e. The minimum atomic E-state index is -4.90. The molecule has 18 heavy (non-hydrogen) atoms. The van der Waals surface area contributed by atoms with E-state index in [1.807, 2.05) is 0 Å². The molecule has 1 rings (SSSR count). The van der Waals surface area contributed by atoms with Gasteiger partial charge in [0.1, 0.15) is 0 Å². The number of aromatic nitrogens is 1. The zero-order chi connectivity index (χ0) is 13.9. The number of hydrogen-bond acceptors (Lipinski definition) is 4. The topological polar surface area (TPSA) is 62.3 Å². The average molecular weight is 281 g/mol. The molecule has 1 heterocycles. The van der Waals surface area contributed by atoms with Crippen LogP contribution >= 0.6 is 11.3 Å². The summed E-state index contributed by atoms with van der Waals surface area (Å²) in [4.78, 5) is 26.0. The summed E-state index contributed by atoms with van der Waals surface area (Å²) >= 11 is 1.08. The highest BCUT2D eigenvalue weighted by atomic mass is 32.1. The lowest BCUT2D eigenvalue weighted by Crippen LogP contribution is -2.38. The fourth-order valence-corrected chi connectivity index (χ4v) is 1.87. The van der Waals surface area contributed by atoms with Crippen LogP contribution in [-0.2, 0) is 16.1 Å². The molecule has 0 spiro atoms. The van der Waals surface area contributed by atoms with E-state index < -0.39 is 12.1 Å². The normalized spacial score (nSPS) is 11.2. The third-order valence-corrected chi connectivity index (χ3v) is 2.63. The number of anilines is 1. The molecule has 0 radical (unpaired) electrons. The van der Waals surface area contributed by atoms with Crippen molar-refractivity contribution in [2.24, 2.45) is 0 Å². The van der Waals surface area contributed by atoms with Crippen molar-refractivity contribution in [1.82, 2.24) is 9.88 Å². The molecule has 1 aromatic heterocycles. The van der Waals surface area contributed by atoms with E-state index in [1.165, 1.54) is 12.3 Å². The van der Waals surface area contributed by atoms with Gasteiger partial charge in [-0.15, -0.1) is 11.3 Å².